The molecule has 0 aliphatic carbocycles. The maximum atomic E-state index is 12.2. The molecule has 0 radical (unpaired) electrons. The van der Waals surface area contributed by atoms with E-state index >= 15 is 0 Å². The highest BCUT2D eigenvalue weighted by atomic mass is 35.5. The molecule has 0 saturated heterocycles. The highest BCUT2D eigenvalue weighted by Gasteiger charge is 2.18. The van der Waals surface area contributed by atoms with E-state index < -0.39 is 6.61 Å². The highest BCUT2D eigenvalue weighted by molar-refractivity contribution is 7.99. The number of hydrogen-bond donors (Lipinski definition) is 1. The van der Waals surface area contributed by atoms with Gasteiger partial charge in [-0.25, -0.2) is 4.68 Å². The van der Waals surface area contributed by atoms with Gasteiger partial charge in [0.2, 0.25) is 5.16 Å². The number of benzene rings is 2. The minimum atomic E-state index is -2.87. The van der Waals surface area contributed by atoms with E-state index in [0.717, 1.165) is 5.56 Å². The predicted molar refractivity (Wildman–Crippen MR) is 98.0 cm³/mol. The minimum absolute atomic E-state index is 0.0184. The Kier molecular flexibility index (Phi) is 5.63. The molecule has 0 spiro atoms. The van der Waals surface area contributed by atoms with Crippen LogP contribution in [-0.4, -0.2) is 21.5 Å². The van der Waals surface area contributed by atoms with Crippen LogP contribution in [0.4, 0.5) is 8.78 Å². The van der Waals surface area contributed by atoms with Crippen molar-refractivity contribution in [3.8, 4) is 17.1 Å². The predicted octanol–water partition coefficient (Wildman–Crippen LogP) is 4.77. The van der Waals surface area contributed by atoms with Crippen LogP contribution in [0, 0.1) is 0 Å². The van der Waals surface area contributed by atoms with Gasteiger partial charge in [-0.2, -0.15) is 8.78 Å². The number of nitrogens with two attached hydrogens (primary N) is 1. The first kappa shape index (κ1) is 18.5. The van der Waals surface area contributed by atoms with Crippen LogP contribution in [0.2, 0.25) is 5.02 Å². The van der Waals surface area contributed by atoms with Gasteiger partial charge in [0.25, 0.3) is 0 Å². The van der Waals surface area contributed by atoms with Crippen molar-refractivity contribution in [3.63, 3.8) is 0 Å². The second-order valence-corrected chi connectivity index (χ2v) is 7.08. The molecule has 0 unspecified atom stereocenters. The molecule has 2 aromatic carbocycles. The Morgan fingerprint density at radius 3 is 2.46 bits per heavy atom. The summed E-state index contributed by atoms with van der Waals surface area (Å²) in [6, 6.07) is 13.6. The van der Waals surface area contributed by atoms with Crippen LogP contribution in [-0.2, 0) is 0 Å². The van der Waals surface area contributed by atoms with Crippen molar-refractivity contribution in [2.24, 2.45) is 0 Å². The molecule has 0 saturated carbocycles. The summed E-state index contributed by atoms with van der Waals surface area (Å²) >= 11 is 7.64. The molecule has 5 nitrogen and oxygen atoms in total. The van der Waals surface area contributed by atoms with Crippen molar-refractivity contribution >= 4 is 23.4 Å². The summed E-state index contributed by atoms with van der Waals surface area (Å²) in [5.41, 5.74) is 1.61. The molecule has 2 N–H and O–H groups in total. The van der Waals surface area contributed by atoms with Gasteiger partial charge in [-0.05, 0) is 42.8 Å². The Morgan fingerprint density at radius 2 is 1.81 bits per heavy atom. The zero-order valence-corrected chi connectivity index (χ0v) is 15.2. The molecule has 0 fully saturated rings. The second kappa shape index (κ2) is 7.92. The summed E-state index contributed by atoms with van der Waals surface area (Å²) < 4.78 is 30.1. The van der Waals surface area contributed by atoms with Crippen molar-refractivity contribution < 1.29 is 13.5 Å². The summed E-state index contributed by atoms with van der Waals surface area (Å²) in [6.07, 6.45) is 0. The molecule has 1 atom stereocenters. The molecule has 0 aliphatic heterocycles. The molecule has 136 valence electrons. The fourth-order valence-electron chi connectivity index (χ4n) is 2.37. The van der Waals surface area contributed by atoms with E-state index in [9.17, 15) is 8.78 Å². The van der Waals surface area contributed by atoms with Gasteiger partial charge in [0.05, 0.1) is 0 Å². The van der Waals surface area contributed by atoms with E-state index in [2.05, 4.69) is 14.9 Å². The number of rotatable bonds is 6. The van der Waals surface area contributed by atoms with E-state index in [1.807, 2.05) is 31.2 Å². The van der Waals surface area contributed by atoms with Gasteiger partial charge >= 0.3 is 6.61 Å². The molecule has 26 heavy (non-hydrogen) atoms. The van der Waals surface area contributed by atoms with Gasteiger partial charge in [-0.1, -0.05) is 41.6 Å². The van der Waals surface area contributed by atoms with Crippen LogP contribution in [0.5, 0.6) is 5.75 Å². The Bertz CT molecular complexity index is 889. The molecule has 1 aromatic heterocycles. The summed E-state index contributed by atoms with van der Waals surface area (Å²) in [6.45, 7) is -0.871. The van der Waals surface area contributed by atoms with Gasteiger partial charge in [0, 0.05) is 15.8 Å². The number of thioether (sulfide) groups is 1. The van der Waals surface area contributed by atoms with Gasteiger partial charge in [0.1, 0.15) is 5.75 Å². The fourth-order valence-corrected chi connectivity index (χ4v) is 3.67. The molecule has 3 rings (SSSR count). The van der Waals surface area contributed by atoms with E-state index in [1.54, 1.807) is 12.1 Å². The van der Waals surface area contributed by atoms with Crippen molar-refractivity contribution in [3.05, 3.63) is 59.1 Å². The number of halogens is 3. The van der Waals surface area contributed by atoms with Gasteiger partial charge in [-0.15, -0.1) is 10.2 Å². The monoisotopic (exact) mass is 396 g/mol. The molecule has 1 heterocycles. The van der Waals surface area contributed by atoms with Crippen LogP contribution in [0.3, 0.4) is 0 Å². The van der Waals surface area contributed by atoms with Gasteiger partial charge in [0.15, 0.2) is 5.82 Å². The number of nitrogen functional groups attached to an aromatic ring is 1. The minimum Gasteiger partial charge on any atom is -0.435 e. The molecule has 3 aromatic rings. The Balaban J connectivity index is 1.78. The first-order chi connectivity index (χ1) is 12.5. The zero-order chi connectivity index (χ0) is 18.7. The highest BCUT2D eigenvalue weighted by Crippen LogP contribution is 2.37. The van der Waals surface area contributed by atoms with Crippen molar-refractivity contribution in [1.82, 2.24) is 14.9 Å². The third kappa shape index (κ3) is 4.08. The Morgan fingerprint density at radius 1 is 1.12 bits per heavy atom. The number of ether oxygens (including phenoxy) is 1. The third-order valence-electron chi connectivity index (χ3n) is 3.63. The first-order valence-electron chi connectivity index (χ1n) is 7.62. The molecular formula is C17H15ClF2N4OS. The van der Waals surface area contributed by atoms with E-state index in [4.69, 9.17) is 17.4 Å². The summed E-state index contributed by atoms with van der Waals surface area (Å²) in [5.74, 6) is 6.59. The smallest absolute Gasteiger partial charge is 0.387 e. The van der Waals surface area contributed by atoms with Crippen LogP contribution in [0.15, 0.2) is 53.7 Å². The Hall–Kier alpha value is -2.32. The van der Waals surface area contributed by atoms with E-state index in [0.29, 0.717) is 21.6 Å². The maximum Gasteiger partial charge on any atom is 0.387 e. The second-order valence-electron chi connectivity index (χ2n) is 5.36. The largest absolute Gasteiger partial charge is 0.435 e. The lowest BCUT2D eigenvalue weighted by molar-refractivity contribution is -0.0498. The molecular weight excluding hydrogens is 382 g/mol. The zero-order valence-electron chi connectivity index (χ0n) is 13.6. The van der Waals surface area contributed by atoms with Crippen LogP contribution >= 0.6 is 23.4 Å². The molecule has 0 amide bonds. The number of alkyl halides is 2. The van der Waals surface area contributed by atoms with Crippen LogP contribution in [0.1, 0.15) is 17.7 Å². The average Bonchev–Trinajstić information content (AvgIpc) is 2.96. The quantitative estimate of drug-likeness (QED) is 0.480. The van der Waals surface area contributed by atoms with Crippen molar-refractivity contribution in [2.75, 3.05) is 5.84 Å². The molecule has 0 bridgehead atoms. The van der Waals surface area contributed by atoms with Crippen molar-refractivity contribution in [1.29, 1.82) is 0 Å². The van der Waals surface area contributed by atoms with E-state index in [-0.39, 0.29) is 11.0 Å². The lowest BCUT2D eigenvalue weighted by atomic mass is 10.2. The van der Waals surface area contributed by atoms with Crippen LogP contribution < -0.4 is 10.6 Å². The standard InChI is InChI=1S/C17H15ClF2N4OS/c1-10(13-4-2-3-5-14(13)18)26-17-23-22-15(24(17)21)11-6-8-12(9-7-11)25-16(19)20/h2-10,16H,21H2,1H3/t10-/m1/s1. The number of hydrogen-bond acceptors (Lipinski definition) is 5. The maximum absolute atomic E-state index is 12.2. The average molecular weight is 397 g/mol. The summed E-state index contributed by atoms with van der Waals surface area (Å²) in [4.78, 5) is 0. The first-order valence-corrected chi connectivity index (χ1v) is 8.88. The third-order valence-corrected chi connectivity index (χ3v) is 5.07. The Labute approximate surface area is 158 Å². The van der Waals surface area contributed by atoms with Gasteiger partial charge in [-0.3, -0.25) is 0 Å². The molecule has 0 aliphatic rings. The van der Waals surface area contributed by atoms with Gasteiger partial charge < -0.3 is 10.6 Å². The lowest BCUT2D eigenvalue weighted by Gasteiger charge is -2.12. The van der Waals surface area contributed by atoms with E-state index in [1.165, 1.54) is 28.6 Å². The van der Waals surface area contributed by atoms with Crippen LogP contribution in [0.25, 0.3) is 11.4 Å². The normalized spacial score (nSPS) is 12.3. The SMILES string of the molecule is C[C@@H](Sc1nnc(-c2ccc(OC(F)F)cc2)n1N)c1ccccc1Cl. The number of aromatic nitrogens is 3. The lowest BCUT2D eigenvalue weighted by Crippen LogP contribution is -2.12. The summed E-state index contributed by atoms with van der Waals surface area (Å²) in [5, 5.41) is 9.41. The topological polar surface area (TPSA) is 66.0 Å². The van der Waals surface area contributed by atoms with Crippen molar-refractivity contribution in [2.45, 2.75) is 23.9 Å². The number of nitrogens with zero attached hydrogens (tertiary/aromatic N) is 3. The summed E-state index contributed by atoms with van der Waals surface area (Å²) in [7, 11) is 0. The molecule has 9 heteroatoms. The fraction of sp³-hybridized carbons (Fsp3) is 0.176.